The summed E-state index contributed by atoms with van der Waals surface area (Å²) in [5, 5.41) is 13.2. The lowest BCUT2D eigenvalue weighted by Gasteiger charge is -2.12. The Kier molecular flexibility index (Phi) is 8.23. The largest absolute Gasteiger partial charge is 0.492 e. The van der Waals surface area contributed by atoms with Crippen LogP contribution in [0, 0.1) is 11.7 Å². The summed E-state index contributed by atoms with van der Waals surface area (Å²) in [6.45, 7) is 3.05. The lowest BCUT2D eigenvalue weighted by atomic mass is 10.0. The number of aromatic amines is 2. The average molecular weight is 605 g/mol. The number of rotatable bonds is 11. The van der Waals surface area contributed by atoms with E-state index in [0.29, 0.717) is 18.0 Å². The van der Waals surface area contributed by atoms with Crippen LogP contribution in [0.25, 0.3) is 55.7 Å². The standard InChI is InChI=1S/C35H37FN8O/c1-44(2)9-10-45-27-13-24(12-26(36)14-27)28-7-8-39-35-29(28)15-32(41-35)34-30-16-31(40-21-33(30)42-43-34)25-11-23(19-38-20-25)18-37-17-22-5-3-4-6-22/h7-8,11-16,19-22,37H,3-6,9-10,17-18H2,1-2H3,(H,39,41)(H,42,43). The smallest absolute Gasteiger partial charge is 0.138 e. The first-order chi connectivity index (χ1) is 22.0. The van der Waals surface area contributed by atoms with Crippen molar-refractivity contribution in [2.24, 2.45) is 5.92 Å². The lowest BCUT2D eigenvalue weighted by Crippen LogP contribution is -2.20. The first-order valence-corrected chi connectivity index (χ1v) is 15.6. The molecule has 10 heteroatoms. The minimum Gasteiger partial charge on any atom is -0.492 e. The van der Waals surface area contributed by atoms with Crippen molar-refractivity contribution >= 4 is 21.9 Å². The van der Waals surface area contributed by atoms with E-state index in [-0.39, 0.29) is 5.82 Å². The summed E-state index contributed by atoms with van der Waals surface area (Å²) in [5.41, 5.74) is 7.57. The molecular formula is C35H37FN8O. The second-order valence-electron chi connectivity index (χ2n) is 12.2. The number of aromatic nitrogens is 6. The van der Waals surface area contributed by atoms with Crippen molar-refractivity contribution in [1.29, 1.82) is 0 Å². The van der Waals surface area contributed by atoms with Crippen LogP contribution in [0.4, 0.5) is 4.39 Å². The van der Waals surface area contributed by atoms with E-state index in [2.05, 4.69) is 36.5 Å². The number of fused-ring (bicyclic) bond motifs is 2. The van der Waals surface area contributed by atoms with Crippen LogP contribution in [0.5, 0.6) is 5.75 Å². The summed E-state index contributed by atoms with van der Waals surface area (Å²) >= 11 is 0. The molecule has 5 aromatic heterocycles. The molecule has 7 rings (SSSR count). The van der Waals surface area contributed by atoms with E-state index in [1.807, 2.05) is 61.9 Å². The van der Waals surface area contributed by atoms with Gasteiger partial charge in [-0.1, -0.05) is 12.8 Å². The van der Waals surface area contributed by atoms with Gasteiger partial charge in [-0.15, -0.1) is 0 Å². The molecule has 230 valence electrons. The van der Waals surface area contributed by atoms with Crippen LogP contribution in [0.3, 0.4) is 0 Å². The second kappa shape index (κ2) is 12.7. The molecular weight excluding hydrogens is 567 g/mol. The molecule has 1 aromatic carbocycles. The normalized spacial score (nSPS) is 13.9. The molecule has 1 aliphatic rings. The first kappa shape index (κ1) is 29.1. The zero-order chi connectivity index (χ0) is 30.8. The predicted molar refractivity (Wildman–Crippen MR) is 175 cm³/mol. The van der Waals surface area contributed by atoms with E-state index in [1.165, 1.54) is 37.8 Å². The van der Waals surface area contributed by atoms with Gasteiger partial charge in [0.2, 0.25) is 0 Å². The highest BCUT2D eigenvalue weighted by atomic mass is 19.1. The molecule has 45 heavy (non-hydrogen) atoms. The molecule has 3 N–H and O–H groups in total. The van der Waals surface area contributed by atoms with Gasteiger partial charge in [0.05, 0.1) is 23.1 Å². The summed E-state index contributed by atoms with van der Waals surface area (Å²) in [7, 11) is 3.95. The van der Waals surface area contributed by atoms with Gasteiger partial charge >= 0.3 is 0 Å². The number of nitrogens with zero attached hydrogens (tertiary/aromatic N) is 5. The van der Waals surface area contributed by atoms with Gasteiger partial charge in [-0.25, -0.2) is 9.37 Å². The molecule has 0 radical (unpaired) electrons. The van der Waals surface area contributed by atoms with Crippen LogP contribution in [0.15, 0.2) is 67.3 Å². The van der Waals surface area contributed by atoms with Gasteiger partial charge in [0.25, 0.3) is 0 Å². The fraction of sp³-hybridized carbons (Fsp3) is 0.314. The molecule has 1 saturated carbocycles. The van der Waals surface area contributed by atoms with Crippen molar-refractivity contribution in [1.82, 2.24) is 40.3 Å². The third-order valence-corrected chi connectivity index (χ3v) is 8.55. The SMILES string of the molecule is CN(C)CCOc1cc(F)cc(-c2ccnc3[nH]c(-c4n[nH]c5cnc(-c6cncc(CNCC7CCCC7)c6)cc45)cc23)c1. The highest BCUT2D eigenvalue weighted by Gasteiger charge is 2.17. The van der Waals surface area contributed by atoms with E-state index in [9.17, 15) is 4.39 Å². The number of hydrogen-bond donors (Lipinski definition) is 3. The van der Waals surface area contributed by atoms with Crippen molar-refractivity contribution in [3.63, 3.8) is 0 Å². The molecule has 1 fully saturated rings. The van der Waals surface area contributed by atoms with Crippen LogP contribution >= 0.6 is 0 Å². The van der Waals surface area contributed by atoms with Crippen molar-refractivity contribution in [2.45, 2.75) is 32.2 Å². The quantitative estimate of drug-likeness (QED) is 0.153. The number of pyridine rings is 3. The van der Waals surface area contributed by atoms with Crippen LogP contribution in [0.2, 0.25) is 0 Å². The number of nitrogens with one attached hydrogen (secondary N) is 3. The minimum absolute atomic E-state index is 0.352. The Morgan fingerprint density at radius 3 is 2.73 bits per heavy atom. The average Bonchev–Trinajstić information content (AvgIpc) is 3.80. The van der Waals surface area contributed by atoms with Gasteiger partial charge in [0, 0.05) is 54.1 Å². The van der Waals surface area contributed by atoms with Crippen LogP contribution in [-0.4, -0.2) is 68.8 Å². The van der Waals surface area contributed by atoms with Crippen LogP contribution in [0.1, 0.15) is 31.2 Å². The molecule has 5 heterocycles. The fourth-order valence-electron chi connectivity index (χ4n) is 6.19. The molecule has 6 aromatic rings. The molecule has 0 unspecified atom stereocenters. The minimum atomic E-state index is -0.352. The van der Waals surface area contributed by atoms with E-state index < -0.39 is 0 Å². The summed E-state index contributed by atoms with van der Waals surface area (Å²) in [4.78, 5) is 19.2. The molecule has 1 aliphatic carbocycles. The van der Waals surface area contributed by atoms with Crippen molar-refractivity contribution in [3.05, 3.63) is 78.6 Å². The Morgan fingerprint density at radius 2 is 1.87 bits per heavy atom. The van der Waals surface area contributed by atoms with Gasteiger partial charge < -0.3 is 19.9 Å². The Balaban J connectivity index is 1.17. The highest BCUT2D eigenvalue weighted by Crippen LogP contribution is 2.35. The predicted octanol–water partition coefficient (Wildman–Crippen LogP) is 6.59. The van der Waals surface area contributed by atoms with E-state index in [0.717, 1.165) is 81.2 Å². The molecule has 0 aliphatic heterocycles. The van der Waals surface area contributed by atoms with E-state index in [1.54, 1.807) is 6.20 Å². The summed E-state index contributed by atoms with van der Waals surface area (Å²) in [5.74, 6) is 0.933. The Bertz CT molecular complexity index is 1940. The number of H-pyrrole nitrogens is 2. The topological polar surface area (TPSA) is 108 Å². The molecule has 0 atom stereocenters. The van der Waals surface area contributed by atoms with Crippen molar-refractivity contribution < 1.29 is 9.13 Å². The Hall–Kier alpha value is -4.67. The molecule has 0 saturated heterocycles. The Morgan fingerprint density at radius 1 is 0.978 bits per heavy atom. The lowest BCUT2D eigenvalue weighted by molar-refractivity contribution is 0.260. The van der Waals surface area contributed by atoms with Gasteiger partial charge in [0.1, 0.15) is 29.5 Å². The monoisotopic (exact) mass is 604 g/mol. The van der Waals surface area contributed by atoms with Gasteiger partial charge in [0.15, 0.2) is 0 Å². The number of ether oxygens (including phenoxy) is 1. The van der Waals surface area contributed by atoms with Crippen LogP contribution in [-0.2, 0) is 6.54 Å². The van der Waals surface area contributed by atoms with E-state index >= 15 is 0 Å². The third-order valence-electron chi connectivity index (χ3n) is 8.55. The zero-order valence-corrected chi connectivity index (χ0v) is 25.6. The molecule has 0 amide bonds. The van der Waals surface area contributed by atoms with Crippen LogP contribution < -0.4 is 10.1 Å². The Labute approximate surface area is 261 Å². The molecule has 0 bridgehead atoms. The van der Waals surface area contributed by atoms with E-state index in [4.69, 9.17) is 9.72 Å². The number of hydrogen-bond acceptors (Lipinski definition) is 7. The first-order valence-electron chi connectivity index (χ1n) is 15.6. The summed E-state index contributed by atoms with van der Waals surface area (Å²) < 4.78 is 20.5. The molecule has 0 spiro atoms. The summed E-state index contributed by atoms with van der Waals surface area (Å²) in [6.07, 6.45) is 12.7. The number of likely N-dealkylation sites (N-methyl/N-ethyl adjacent to an activating group) is 1. The summed E-state index contributed by atoms with van der Waals surface area (Å²) in [6, 6.07) is 12.9. The third kappa shape index (κ3) is 6.43. The maximum atomic E-state index is 14.7. The highest BCUT2D eigenvalue weighted by molar-refractivity contribution is 6.00. The molecule has 9 nitrogen and oxygen atoms in total. The van der Waals surface area contributed by atoms with Gasteiger partial charge in [-0.2, -0.15) is 5.10 Å². The zero-order valence-electron chi connectivity index (χ0n) is 25.6. The second-order valence-corrected chi connectivity index (χ2v) is 12.2. The maximum absolute atomic E-state index is 14.7. The maximum Gasteiger partial charge on any atom is 0.138 e. The van der Waals surface area contributed by atoms with Crippen molar-refractivity contribution in [3.8, 4) is 39.5 Å². The number of halogens is 1. The number of benzene rings is 1. The fourth-order valence-corrected chi connectivity index (χ4v) is 6.19. The van der Waals surface area contributed by atoms with Crippen molar-refractivity contribution in [2.75, 3.05) is 33.8 Å². The van der Waals surface area contributed by atoms with Gasteiger partial charge in [-0.3, -0.25) is 15.1 Å². The van der Waals surface area contributed by atoms with Gasteiger partial charge in [-0.05, 0) is 92.5 Å².